The number of halogens is 5. The number of nitrogens with zero attached hydrogens (tertiary/aromatic N) is 1. The zero-order valence-corrected chi connectivity index (χ0v) is 17.3. The Morgan fingerprint density at radius 1 is 1.19 bits per heavy atom. The first kappa shape index (κ1) is 22.3. The molecule has 2 aromatic rings. The van der Waals surface area contributed by atoms with Crippen LogP contribution < -0.4 is 15.4 Å². The molecule has 3 aliphatic rings. The molecule has 1 unspecified atom stereocenters. The Morgan fingerprint density at radius 3 is 2.56 bits per heavy atom. The minimum Gasteiger partial charge on any atom is -0.484 e. The van der Waals surface area contributed by atoms with E-state index < -0.39 is 29.0 Å². The van der Waals surface area contributed by atoms with Gasteiger partial charge < -0.3 is 15.4 Å². The highest BCUT2D eigenvalue weighted by molar-refractivity contribution is 6.30. The maximum Gasteiger partial charge on any atom is 0.417 e. The molecule has 3 aliphatic carbocycles. The summed E-state index contributed by atoms with van der Waals surface area (Å²) >= 11 is 5.60. The lowest BCUT2D eigenvalue weighted by molar-refractivity contribution is -0.137. The predicted octanol–water partition coefficient (Wildman–Crippen LogP) is 3.74. The van der Waals surface area contributed by atoms with Crippen LogP contribution in [0.4, 0.5) is 17.6 Å². The molecule has 6 nitrogen and oxygen atoms in total. The van der Waals surface area contributed by atoms with E-state index in [0.717, 1.165) is 18.2 Å². The highest BCUT2D eigenvalue weighted by Gasteiger charge is 2.57. The molecule has 3 fully saturated rings. The smallest absolute Gasteiger partial charge is 0.417 e. The summed E-state index contributed by atoms with van der Waals surface area (Å²) in [6, 6.07) is 5.54. The molecule has 1 aromatic heterocycles. The summed E-state index contributed by atoms with van der Waals surface area (Å²) in [7, 11) is 0. The molecule has 0 saturated heterocycles. The molecule has 0 spiro atoms. The normalized spacial score (nSPS) is 23.9. The van der Waals surface area contributed by atoms with Crippen LogP contribution in [0.3, 0.4) is 0 Å². The van der Waals surface area contributed by atoms with Gasteiger partial charge >= 0.3 is 6.18 Å². The third-order valence-electron chi connectivity index (χ3n) is 5.80. The van der Waals surface area contributed by atoms with Crippen molar-refractivity contribution in [2.24, 2.45) is 5.92 Å². The number of hydrogen-bond acceptors (Lipinski definition) is 4. The van der Waals surface area contributed by atoms with Gasteiger partial charge in [0.1, 0.15) is 17.3 Å². The summed E-state index contributed by atoms with van der Waals surface area (Å²) < 4.78 is 56.6. The maximum atomic E-state index is 13.4. The summed E-state index contributed by atoms with van der Waals surface area (Å²) in [5, 5.41) is 5.65. The van der Waals surface area contributed by atoms with E-state index in [-0.39, 0.29) is 40.9 Å². The van der Waals surface area contributed by atoms with Crippen molar-refractivity contribution in [3.05, 3.63) is 58.6 Å². The van der Waals surface area contributed by atoms with Crippen molar-refractivity contribution in [2.45, 2.75) is 37.0 Å². The van der Waals surface area contributed by atoms with Crippen molar-refractivity contribution >= 4 is 23.4 Å². The van der Waals surface area contributed by atoms with Gasteiger partial charge in [-0.3, -0.25) is 14.6 Å². The summed E-state index contributed by atoms with van der Waals surface area (Å²) in [6.45, 7) is -0.306. The standard InChI is InChI=1S/C21H18ClF4N3O3/c22-14-3-2-13(5-15(14)23)32-10-18(30)28-17-8-20(6-11(17)7-20)29-19(31)16-4-1-12(9-27-16)21(24,25)26/h1-5,9,11,17H,6-8,10H2,(H,28,30)(H,29,31). The van der Waals surface area contributed by atoms with E-state index in [4.69, 9.17) is 16.3 Å². The number of hydrogen-bond donors (Lipinski definition) is 2. The lowest BCUT2D eigenvalue weighted by Crippen LogP contribution is -2.52. The number of alkyl halides is 3. The van der Waals surface area contributed by atoms with E-state index in [1.165, 1.54) is 12.1 Å². The fraction of sp³-hybridized carbons (Fsp3) is 0.381. The van der Waals surface area contributed by atoms with Crippen LogP contribution in [0.1, 0.15) is 35.3 Å². The topological polar surface area (TPSA) is 80.3 Å². The molecule has 0 radical (unpaired) electrons. The number of nitrogens with one attached hydrogen (secondary N) is 2. The highest BCUT2D eigenvalue weighted by atomic mass is 35.5. The number of aromatic nitrogens is 1. The van der Waals surface area contributed by atoms with Crippen LogP contribution in [-0.4, -0.2) is 35.0 Å². The lowest BCUT2D eigenvalue weighted by Gasteiger charge is -2.39. The van der Waals surface area contributed by atoms with Crippen LogP contribution in [0, 0.1) is 11.7 Å². The fourth-order valence-corrected chi connectivity index (χ4v) is 4.39. The summed E-state index contributed by atoms with van der Waals surface area (Å²) in [5.74, 6) is -1.25. The van der Waals surface area contributed by atoms with E-state index in [2.05, 4.69) is 15.6 Å². The van der Waals surface area contributed by atoms with Crippen LogP contribution in [0.5, 0.6) is 5.75 Å². The summed E-state index contributed by atoms with van der Waals surface area (Å²) in [4.78, 5) is 28.2. The third-order valence-corrected chi connectivity index (χ3v) is 6.10. The first-order chi connectivity index (χ1) is 15.0. The molecule has 5 rings (SSSR count). The van der Waals surface area contributed by atoms with Crippen LogP contribution in [0.25, 0.3) is 0 Å². The minimum absolute atomic E-state index is 0.0497. The second-order valence-electron chi connectivity index (χ2n) is 8.08. The van der Waals surface area contributed by atoms with Gasteiger partial charge in [-0.15, -0.1) is 0 Å². The van der Waals surface area contributed by atoms with Crippen molar-refractivity contribution < 1.29 is 31.9 Å². The van der Waals surface area contributed by atoms with E-state index >= 15 is 0 Å². The van der Waals surface area contributed by atoms with Gasteiger partial charge in [-0.25, -0.2) is 4.39 Å². The van der Waals surface area contributed by atoms with Gasteiger partial charge in [0.15, 0.2) is 6.61 Å². The second kappa shape index (κ2) is 8.23. The average Bonchev–Trinajstić information content (AvgIpc) is 3.21. The molecule has 1 aromatic carbocycles. The van der Waals surface area contributed by atoms with Gasteiger partial charge in [0.2, 0.25) is 0 Å². The van der Waals surface area contributed by atoms with Gasteiger partial charge in [-0.05, 0) is 49.4 Å². The molecule has 0 aliphatic heterocycles. The number of pyridine rings is 1. The number of benzene rings is 1. The van der Waals surface area contributed by atoms with Crippen molar-refractivity contribution in [3.63, 3.8) is 0 Å². The Balaban J connectivity index is 1.27. The van der Waals surface area contributed by atoms with Gasteiger partial charge in [-0.2, -0.15) is 13.2 Å². The summed E-state index contributed by atoms with van der Waals surface area (Å²) in [6.07, 6.45) is -2.11. The molecule has 2 bridgehead atoms. The number of rotatable bonds is 6. The van der Waals surface area contributed by atoms with E-state index in [1.54, 1.807) is 0 Å². The van der Waals surface area contributed by atoms with E-state index in [0.29, 0.717) is 25.5 Å². The monoisotopic (exact) mass is 471 g/mol. The first-order valence-corrected chi connectivity index (χ1v) is 10.2. The second-order valence-corrected chi connectivity index (χ2v) is 8.48. The lowest BCUT2D eigenvalue weighted by atomic mass is 9.76. The van der Waals surface area contributed by atoms with E-state index in [1.807, 2.05) is 0 Å². The van der Waals surface area contributed by atoms with Crippen LogP contribution in [0.2, 0.25) is 5.02 Å². The molecule has 32 heavy (non-hydrogen) atoms. The molecule has 170 valence electrons. The number of carbonyl (C=O) groups is 2. The van der Waals surface area contributed by atoms with E-state index in [9.17, 15) is 27.2 Å². The number of carbonyl (C=O) groups excluding carboxylic acids is 2. The van der Waals surface area contributed by atoms with Crippen LogP contribution in [-0.2, 0) is 11.0 Å². The number of ether oxygens (including phenoxy) is 1. The quantitative estimate of drug-likeness (QED) is 0.629. The molecular formula is C21H18ClF4N3O3. The van der Waals surface area contributed by atoms with Gasteiger partial charge in [-0.1, -0.05) is 11.6 Å². The predicted molar refractivity (Wildman–Crippen MR) is 106 cm³/mol. The Hall–Kier alpha value is -2.88. The Bertz CT molecular complexity index is 1040. The fourth-order valence-electron chi connectivity index (χ4n) is 4.27. The van der Waals surface area contributed by atoms with Crippen molar-refractivity contribution in [2.75, 3.05) is 6.61 Å². The van der Waals surface area contributed by atoms with Crippen LogP contribution in [0.15, 0.2) is 36.5 Å². The highest BCUT2D eigenvalue weighted by Crippen LogP contribution is 2.52. The third kappa shape index (κ3) is 4.64. The first-order valence-electron chi connectivity index (χ1n) is 9.78. The molecule has 1 atom stereocenters. The molecule has 1 heterocycles. The van der Waals surface area contributed by atoms with Gasteiger partial charge in [0.25, 0.3) is 11.8 Å². The Labute approximate surface area is 185 Å². The molecule has 2 N–H and O–H groups in total. The largest absolute Gasteiger partial charge is 0.484 e. The zero-order chi connectivity index (χ0) is 23.1. The van der Waals surface area contributed by atoms with Gasteiger partial charge in [0, 0.05) is 23.8 Å². The zero-order valence-electron chi connectivity index (χ0n) is 16.5. The van der Waals surface area contributed by atoms with Crippen LogP contribution >= 0.6 is 11.6 Å². The molecule has 3 saturated carbocycles. The van der Waals surface area contributed by atoms with Crippen molar-refractivity contribution in [1.82, 2.24) is 15.6 Å². The van der Waals surface area contributed by atoms with Crippen molar-refractivity contribution in [3.8, 4) is 5.75 Å². The SMILES string of the molecule is O=C(COc1ccc(Cl)c(F)c1)NC1CC2(NC(=O)c3ccc(C(F)(F)F)cn3)CC1C2. The number of fused-ring (bicyclic) bond motifs is 1. The Morgan fingerprint density at radius 2 is 1.94 bits per heavy atom. The average molecular weight is 472 g/mol. The summed E-state index contributed by atoms with van der Waals surface area (Å²) in [5.41, 5.74) is -1.56. The Kier molecular flexibility index (Phi) is 5.74. The molecule has 2 amide bonds. The van der Waals surface area contributed by atoms with Crippen molar-refractivity contribution in [1.29, 1.82) is 0 Å². The molecular weight excluding hydrogens is 454 g/mol. The number of amides is 2. The maximum absolute atomic E-state index is 13.4. The van der Waals surface area contributed by atoms with Gasteiger partial charge in [0.05, 0.1) is 10.6 Å². The molecule has 11 heteroatoms. The minimum atomic E-state index is -4.52.